The summed E-state index contributed by atoms with van der Waals surface area (Å²) in [5, 5.41) is 12.1. The lowest BCUT2D eigenvalue weighted by Crippen LogP contribution is -2.27. The SMILES string of the molecule is Cc1cc(C#N)cnc1-c1cnc2c(NC3=NC=C(C(F)(F)F)CC3C)ccnc2n1. The number of anilines is 1. The first-order valence-electron chi connectivity index (χ1n) is 9.36. The zero-order valence-corrected chi connectivity index (χ0v) is 16.6. The maximum Gasteiger partial charge on any atom is 0.414 e. The van der Waals surface area contributed by atoms with E-state index in [4.69, 9.17) is 5.26 Å². The molecule has 1 N–H and O–H groups in total. The van der Waals surface area contributed by atoms with Crippen LogP contribution in [0.25, 0.3) is 22.6 Å². The van der Waals surface area contributed by atoms with Gasteiger partial charge in [-0.3, -0.25) is 4.98 Å². The number of amidine groups is 1. The molecule has 0 spiro atoms. The van der Waals surface area contributed by atoms with E-state index in [9.17, 15) is 13.2 Å². The molecule has 3 aromatic rings. The fraction of sp³-hybridized carbons (Fsp3) is 0.238. The first-order valence-corrected chi connectivity index (χ1v) is 9.36. The lowest BCUT2D eigenvalue weighted by molar-refractivity contribution is -0.0950. The van der Waals surface area contributed by atoms with E-state index >= 15 is 0 Å². The summed E-state index contributed by atoms with van der Waals surface area (Å²) < 4.78 is 38.8. The number of pyridine rings is 2. The normalized spacial score (nSPS) is 16.5. The fourth-order valence-corrected chi connectivity index (χ4v) is 3.28. The number of aryl methyl sites for hydroxylation is 1. The maximum absolute atomic E-state index is 12.9. The summed E-state index contributed by atoms with van der Waals surface area (Å²) in [6, 6.07) is 5.42. The Bertz CT molecular complexity index is 1270. The number of aliphatic imine (C=N–C) groups is 1. The van der Waals surface area contributed by atoms with Gasteiger partial charge in [0, 0.05) is 24.5 Å². The summed E-state index contributed by atoms with van der Waals surface area (Å²) >= 11 is 0. The van der Waals surface area contributed by atoms with Gasteiger partial charge in [0.15, 0.2) is 5.65 Å². The average molecular weight is 423 g/mol. The van der Waals surface area contributed by atoms with Gasteiger partial charge in [-0.25, -0.2) is 19.9 Å². The van der Waals surface area contributed by atoms with Crippen molar-refractivity contribution in [3.8, 4) is 17.5 Å². The highest BCUT2D eigenvalue weighted by Crippen LogP contribution is 2.34. The lowest BCUT2D eigenvalue weighted by atomic mass is 9.98. The molecule has 1 aliphatic rings. The second kappa shape index (κ2) is 7.75. The van der Waals surface area contributed by atoms with E-state index in [0.717, 1.165) is 11.8 Å². The number of nitrogens with zero attached hydrogens (tertiary/aromatic N) is 6. The number of rotatable bonds is 2. The van der Waals surface area contributed by atoms with Gasteiger partial charge < -0.3 is 5.32 Å². The molecular weight excluding hydrogens is 407 g/mol. The van der Waals surface area contributed by atoms with Gasteiger partial charge >= 0.3 is 6.18 Å². The molecule has 1 atom stereocenters. The molecule has 156 valence electrons. The Hall–Kier alpha value is -3.87. The number of hydrogen-bond acceptors (Lipinski definition) is 7. The number of nitriles is 1. The van der Waals surface area contributed by atoms with Crippen molar-refractivity contribution in [2.24, 2.45) is 10.9 Å². The van der Waals surface area contributed by atoms with Gasteiger partial charge in [-0.05, 0) is 31.0 Å². The van der Waals surface area contributed by atoms with Crippen LogP contribution in [-0.2, 0) is 0 Å². The van der Waals surface area contributed by atoms with Gasteiger partial charge in [-0.15, -0.1) is 0 Å². The minimum absolute atomic E-state index is 0.155. The Balaban J connectivity index is 1.68. The van der Waals surface area contributed by atoms with Gasteiger partial charge in [0.1, 0.15) is 23.1 Å². The highest BCUT2D eigenvalue weighted by molar-refractivity contribution is 6.03. The second-order valence-corrected chi connectivity index (χ2v) is 7.18. The Labute approximate surface area is 175 Å². The van der Waals surface area contributed by atoms with E-state index in [1.807, 2.05) is 13.0 Å². The Morgan fingerprint density at radius 2 is 2.00 bits per heavy atom. The standard InChI is InChI=1S/C21H16F3N7/c1-11-5-13(7-25)8-27-17(11)16-10-28-18-15(3-4-26-20(18)31-16)30-19-12(2)6-14(9-29-19)21(22,23)24/h3-5,8-10,12H,6H2,1-2H3,(H,26,29,30,31). The quantitative estimate of drug-likeness (QED) is 0.649. The maximum atomic E-state index is 12.9. The van der Waals surface area contributed by atoms with Crippen molar-refractivity contribution in [2.75, 3.05) is 5.32 Å². The predicted octanol–water partition coefficient (Wildman–Crippen LogP) is 4.56. The molecule has 0 aromatic carbocycles. The largest absolute Gasteiger partial charge is 0.414 e. The van der Waals surface area contributed by atoms with Crippen LogP contribution in [0.1, 0.15) is 24.5 Å². The summed E-state index contributed by atoms with van der Waals surface area (Å²) in [6.45, 7) is 3.50. The summed E-state index contributed by atoms with van der Waals surface area (Å²) in [7, 11) is 0. The first kappa shape index (κ1) is 20.4. The topological polar surface area (TPSA) is 99.7 Å². The third kappa shape index (κ3) is 4.07. The zero-order chi connectivity index (χ0) is 22.2. The van der Waals surface area contributed by atoms with Gasteiger partial charge in [-0.2, -0.15) is 18.4 Å². The van der Waals surface area contributed by atoms with Crippen molar-refractivity contribution in [3.05, 3.63) is 53.6 Å². The summed E-state index contributed by atoms with van der Waals surface area (Å²) in [4.78, 5) is 21.5. The van der Waals surface area contributed by atoms with Gasteiger partial charge in [0.05, 0.1) is 28.7 Å². The minimum Gasteiger partial charge on any atom is -0.342 e. The third-order valence-electron chi connectivity index (χ3n) is 4.88. The Morgan fingerprint density at radius 1 is 1.19 bits per heavy atom. The average Bonchev–Trinajstić information content (AvgIpc) is 2.74. The first-order chi connectivity index (χ1) is 14.8. The molecule has 31 heavy (non-hydrogen) atoms. The van der Waals surface area contributed by atoms with Crippen LogP contribution in [0, 0.1) is 24.2 Å². The molecule has 0 saturated heterocycles. The highest BCUT2D eigenvalue weighted by atomic mass is 19.4. The van der Waals surface area contributed by atoms with E-state index in [1.54, 1.807) is 25.3 Å². The molecule has 4 heterocycles. The molecule has 4 rings (SSSR count). The zero-order valence-electron chi connectivity index (χ0n) is 16.6. The number of nitrogens with one attached hydrogen (secondary N) is 1. The van der Waals surface area contributed by atoms with Crippen LogP contribution < -0.4 is 5.32 Å². The van der Waals surface area contributed by atoms with Crippen LogP contribution in [0.5, 0.6) is 0 Å². The van der Waals surface area contributed by atoms with Gasteiger partial charge in [0.2, 0.25) is 0 Å². The van der Waals surface area contributed by atoms with E-state index in [0.29, 0.717) is 39.6 Å². The van der Waals surface area contributed by atoms with Crippen LogP contribution >= 0.6 is 0 Å². The van der Waals surface area contributed by atoms with Crippen molar-refractivity contribution in [1.82, 2.24) is 19.9 Å². The van der Waals surface area contributed by atoms with Crippen LogP contribution in [0.3, 0.4) is 0 Å². The molecule has 0 bridgehead atoms. The van der Waals surface area contributed by atoms with E-state index in [1.165, 1.54) is 12.4 Å². The molecule has 7 nitrogen and oxygen atoms in total. The number of hydrogen-bond donors (Lipinski definition) is 1. The summed E-state index contributed by atoms with van der Waals surface area (Å²) in [5.74, 6) is -0.0291. The lowest BCUT2D eigenvalue weighted by Gasteiger charge is -2.23. The van der Waals surface area contributed by atoms with E-state index in [-0.39, 0.29) is 6.42 Å². The fourth-order valence-electron chi connectivity index (χ4n) is 3.28. The molecular formula is C21H16F3N7. The van der Waals surface area contributed by atoms with Gasteiger partial charge in [-0.1, -0.05) is 6.92 Å². The third-order valence-corrected chi connectivity index (χ3v) is 4.88. The van der Waals surface area contributed by atoms with Crippen molar-refractivity contribution in [1.29, 1.82) is 5.26 Å². The second-order valence-electron chi connectivity index (χ2n) is 7.18. The minimum atomic E-state index is -4.38. The van der Waals surface area contributed by atoms with Crippen LogP contribution in [0.15, 0.2) is 47.5 Å². The highest BCUT2D eigenvalue weighted by Gasteiger charge is 2.36. The molecule has 10 heteroatoms. The molecule has 0 amide bonds. The van der Waals surface area contributed by atoms with Crippen LogP contribution in [0.4, 0.5) is 18.9 Å². The number of aromatic nitrogens is 4. The van der Waals surface area contributed by atoms with E-state index < -0.39 is 17.7 Å². The number of halogens is 3. The molecule has 1 aliphatic heterocycles. The molecule has 0 saturated carbocycles. The number of fused-ring (bicyclic) bond motifs is 1. The van der Waals surface area contributed by atoms with Crippen molar-refractivity contribution in [2.45, 2.75) is 26.4 Å². The van der Waals surface area contributed by atoms with Gasteiger partial charge in [0.25, 0.3) is 0 Å². The van der Waals surface area contributed by atoms with Crippen LogP contribution in [0.2, 0.25) is 0 Å². The molecule has 0 aliphatic carbocycles. The number of allylic oxidation sites excluding steroid dienone is 1. The van der Waals surface area contributed by atoms with Crippen molar-refractivity contribution >= 4 is 22.7 Å². The smallest absolute Gasteiger partial charge is 0.342 e. The monoisotopic (exact) mass is 423 g/mol. The van der Waals surface area contributed by atoms with E-state index in [2.05, 4.69) is 30.2 Å². The molecule has 0 fully saturated rings. The molecule has 1 unspecified atom stereocenters. The molecule has 0 radical (unpaired) electrons. The predicted molar refractivity (Wildman–Crippen MR) is 109 cm³/mol. The van der Waals surface area contributed by atoms with Crippen molar-refractivity contribution in [3.63, 3.8) is 0 Å². The summed E-state index contributed by atoms with van der Waals surface area (Å²) in [5.41, 5.74) is 3.01. The summed E-state index contributed by atoms with van der Waals surface area (Å²) in [6.07, 6.45) is 0.862. The Morgan fingerprint density at radius 3 is 2.68 bits per heavy atom. The molecule has 3 aromatic heterocycles. The van der Waals surface area contributed by atoms with Crippen LogP contribution in [-0.4, -0.2) is 31.9 Å². The number of alkyl halides is 3. The van der Waals surface area contributed by atoms with Crippen molar-refractivity contribution < 1.29 is 13.2 Å². The Kier molecular flexibility index (Phi) is 5.10.